The second kappa shape index (κ2) is 10.6. The highest BCUT2D eigenvalue weighted by atomic mass is 32.2. The van der Waals surface area contributed by atoms with Crippen LogP contribution in [-0.2, 0) is 14.4 Å². The zero-order valence-electron chi connectivity index (χ0n) is 15.5. The van der Waals surface area contributed by atoms with Gasteiger partial charge in [-0.3, -0.25) is 19.6 Å². The predicted molar refractivity (Wildman–Crippen MR) is 95.8 cm³/mol. The van der Waals surface area contributed by atoms with Crippen molar-refractivity contribution in [2.24, 2.45) is 5.92 Å². The molecule has 24 heavy (non-hydrogen) atoms. The van der Waals surface area contributed by atoms with Crippen LogP contribution in [0.3, 0.4) is 0 Å². The third-order valence-corrected chi connectivity index (χ3v) is 5.29. The standard InChI is InChI=1S/C16H31N3O4S/c1-7-8-9-12(10-19(23)11-20)14(21)17-13(15(22)18(4)5)16(2,3)24-6/h11-13,23H,7-10H2,1-6H3,(H,17,21). The number of thioether (sulfide) groups is 1. The Bertz CT molecular complexity index is 430. The molecule has 0 fully saturated rings. The number of hydroxylamine groups is 2. The van der Waals surface area contributed by atoms with E-state index in [0.29, 0.717) is 11.5 Å². The molecule has 0 spiro atoms. The van der Waals surface area contributed by atoms with Gasteiger partial charge in [0.25, 0.3) is 0 Å². The molecule has 0 aromatic rings. The predicted octanol–water partition coefficient (Wildman–Crippen LogP) is 1.36. The molecule has 3 amide bonds. The van der Waals surface area contributed by atoms with Gasteiger partial charge in [0.2, 0.25) is 18.2 Å². The lowest BCUT2D eigenvalue weighted by Gasteiger charge is -2.35. The van der Waals surface area contributed by atoms with E-state index in [0.717, 1.165) is 12.8 Å². The minimum Gasteiger partial charge on any atom is -0.347 e. The molecule has 0 aliphatic carbocycles. The van der Waals surface area contributed by atoms with Crippen LogP contribution in [0.5, 0.6) is 0 Å². The van der Waals surface area contributed by atoms with Gasteiger partial charge in [0.1, 0.15) is 6.04 Å². The summed E-state index contributed by atoms with van der Waals surface area (Å²) in [6.07, 6.45) is 4.39. The Morgan fingerprint density at radius 1 is 1.33 bits per heavy atom. The maximum absolute atomic E-state index is 12.7. The summed E-state index contributed by atoms with van der Waals surface area (Å²) in [6.45, 7) is 5.71. The number of carbonyl (C=O) groups excluding carboxylic acids is 3. The van der Waals surface area contributed by atoms with Crippen molar-refractivity contribution in [3.05, 3.63) is 0 Å². The highest BCUT2D eigenvalue weighted by molar-refractivity contribution is 8.00. The van der Waals surface area contributed by atoms with Crippen LogP contribution in [0.1, 0.15) is 40.0 Å². The number of hydrogen-bond donors (Lipinski definition) is 2. The smallest absolute Gasteiger partial charge is 0.246 e. The van der Waals surface area contributed by atoms with Crippen LogP contribution in [0.25, 0.3) is 0 Å². The molecule has 2 N–H and O–H groups in total. The lowest BCUT2D eigenvalue weighted by Crippen LogP contribution is -2.57. The van der Waals surface area contributed by atoms with E-state index in [1.54, 1.807) is 14.1 Å². The molecule has 0 saturated carbocycles. The second-order valence-corrected chi connectivity index (χ2v) is 8.01. The Morgan fingerprint density at radius 3 is 2.33 bits per heavy atom. The maximum Gasteiger partial charge on any atom is 0.246 e. The Hall–Kier alpha value is -1.28. The molecular weight excluding hydrogens is 330 g/mol. The highest BCUT2D eigenvalue weighted by Crippen LogP contribution is 2.27. The summed E-state index contributed by atoms with van der Waals surface area (Å²) in [7, 11) is 3.29. The van der Waals surface area contributed by atoms with E-state index >= 15 is 0 Å². The van der Waals surface area contributed by atoms with Crippen LogP contribution in [0.15, 0.2) is 0 Å². The van der Waals surface area contributed by atoms with Crippen molar-refractivity contribution in [3.8, 4) is 0 Å². The number of rotatable bonds is 11. The van der Waals surface area contributed by atoms with E-state index in [9.17, 15) is 19.6 Å². The molecule has 0 heterocycles. The summed E-state index contributed by atoms with van der Waals surface area (Å²) in [5, 5.41) is 12.7. The molecule has 0 rings (SSSR count). The van der Waals surface area contributed by atoms with Crippen LogP contribution in [0.2, 0.25) is 0 Å². The SMILES string of the molecule is CCCCC(CN(O)C=O)C(=O)NC(C(=O)N(C)C)C(C)(C)SC. The van der Waals surface area contributed by atoms with Gasteiger partial charge in [0.05, 0.1) is 12.5 Å². The zero-order valence-corrected chi connectivity index (χ0v) is 16.4. The fourth-order valence-electron chi connectivity index (χ4n) is 2.19. The molecule has 0 aromatic carbocycles. The molecular formula is C16H31N3O4S. The first-order valence-electron chi connectivity index (χ1n) is 8.08. The van der Waals surface area contributed by atoms with Gasteiger partial charge >= 0.3 is 0 Å². The first-order chi connectivity index (χ1) is 11.1. The highest BCUT2D eigenvalue weighted by Gasteiger charge is 2.38. The lowest BCUT2D eigenvalue weighted by molar-refractivity contribution is -0.155. The normalized spacial score (nSPS) is 13.8. The number of nitrogens with zero attached hydrogens (tertiary/aromatic N) is 2. The third kappa shape index (κ3) is 7.09. The topological polar surface area (TPSA) is 90.0 Å². The van der Waals surface area contributed by atoms with Gasteiger partial charge in [-0.25, -0.2) is 5.06 Å². The van der Waals surface area contributed by atoms with Crippen molar-refractivity contribution in [1.82, 2.24) is 15.3 Å². The van der Waals surface area contributed by atoms with Crippen LogP contribution < -0.4 is 5.32 Å². The summed E-state index contributed by atoms with van der Waals surface area (Å²) < 4.78 is -0.490. The van der Waals surface area contributed by atoms with E-state index in [1.165, 1.54) is 16.7 Å². The monoisotopic (exact) mass is 361 g/mol. The molecule has 8 heteroatoms. The molecule has 2 unspecified atom stereocenters. The summed E-state index contributed by atoms with van der Waals surface area (Å²) in [5.74, 6) is -1.07. The Labute approximate surface area is 149 Å². The van der Waals surface area contributed by atoms with E-state index in [-0.39, 0.29) is 24.8 Å². The van der Waals surface area contributed by atoms with Crippen molar-refractivity contribution in [3.63, 3.8) is 0 Å². The first kappa shape index (κ1) is 22.7. The lowest BCUT2D eigenvalue weighted by atomic mass is 9.97. The minimum atomic E-state index is -0.692. The second-order valence-electron chi connectivity index (χ2n) is 6.55. The quantitative estimate of drug-likeness (QED) is 0.329. The molecule has 140 valence electrons. The largest absolute Gasteiger partial charge is 0.347 e. The Balaban J connectivity index is 5.28. The van der Waals surface area contributed by atoms with Crippen LogP contribution in [-0.4, -0.2) is 71.1 Å². The first-order valence-corrected chi connectivity index (χ1v) is 9.30. The Kier molecular flexibility index (Phi) is 9.99. The van der Waals surface area contributed by atoms with Crippen LogP contribution in [0.4, 0.5) is 0 Å². The molecule has 0 saturated heterocycles. The fraction of sp³-hybridized carbons (Fsp3) is 0.812. The number of carbonyl (C=O) groups is 3. The van der Waals surface area contributed by atoms with Gasteiger partial charge in [-0.2, -0.15) is 11.8 Å². The Morgan fingerprint density at radius 2 is 1.92 bits per heavy atom. The van der Waals surface area contributed by atoms with Gasteiger partial charge in [0.15, 0.2) is 0 Å². The van der Waals surface area contributed by atoms with Gasteiger partial charge in [-0.1, -0.05) is 19.8 Å². The molecule has 0 aliphatic heterocycles. The van der Waals surface area contributed by atoms with Crippen molar-refractivity contribution in [2.75, 3.05) is 26.9 Å². The van der Waals surface area contributed by atoms with Gasteiger partial charge in [0, 0.05) is 18.8 Å². The van der Waals surface area contributed by atoms with Gasteiger partial charge < -0.3 is 10.2 Å². The fourth-order valence-corrected chi connectivity index (χ4v) is 2.59. The number of amides is 3. The van der Waals surface area contributed by atoms with Crippen LogP contribution >= 0.6 is 11.8 Å². The number of hydrogen-bond acceptors (Lipinski definition) is 5. The van der Waals surface area contributed by atoms with E-state index in [4.69, 9.17) is 0 Å². The summed E-state index contributed by atoms with van der Waals surface area (Å²) in [4.78, 5) is 37.2. The summed E-state index contributed by atoms with van der Waals surface area (Å²) >= 11 is 1.49. The molecule has 0 bridgehead atoms. The summed E-state index contributed by atoms with van der Waals surface area (Å²) in [6, 6.07) is -0.692. The van der Waals surface area contributed by atoms with Crippen molar-refractivity contribution in [2.45, 2.75) is 50.8 Å². The number of nitrogens with one attached hydrogen (secondary N) is 1. The number of likely N-dealkylation sites (N-methyl/N-ethyl adjacent to an activating group) is 1. The van der Waals surface area contributed by atoms with Crippen LogP contribution in [0, 0.1) is 5.92 Å². The average molecular weight is 362 g/mol. The molecule has 0 aromatic heterocycles. The molecule has 0 radical (unpaired) electrons. The molecule has 2 atom stereocenters. The van der Waals surface area contributed by atoms with Crippen molar-refractivity contribution in [1.29, 1.82) is 0 Å². The van der Waals surface area contributed by atoms with Crippen molar-refractivity contribution < 1.29 is 19.6 Å². The van der Waals surface area contributed by atoms with E-state index < -0.39 is 16.7 Å². The minimum absolute atomic E-state index is 0.0854. The van der Waals surface area contributed by atoms with E-state index in [1.807, 2.05) is 27.0 Å². The van der Waals surface area contributed by atoms with Gasteiger partial charge in [-0.05, 0) is 26.5 Å². The maximum atomic E-state index is 12.7. The van der Waals surface area contributed by atoms with Crippen molar-refractivity contribution >= 4 is 30.0 Å². The number of unbranched alkanes of at least 4 members (excludes halogenated alkanes) is 1. The zero-order chi connectivity index (χ0) is 18.9. The third-order valence-electron chi connectivity index (χ3n) is 4.00. The van der Waals surface area contributed by atoms with E-state index in [2.05, 4.69) is 5.32 Å². The molecule has 0 aliphatic rings. The average Bonchev–Trinajstić information content (AvgIpc) is 2.54. The summed E-state index contributed by atoms with van der Waals surface area (Å²) in [5.41, 5.74) is 0. The molecule has 7 nitrogen and oxygen atoms in total. The van der Waals surface area contributed by atoms with Gasteiger partial charge in [-0.15, -0.1) is 0 Å².